The second-order valence-corrected chi connectivity index (χ2v) is 4.60. The quantitative estimate of drug-likeness (QED) is 0.603. The molecule has 14 heavy (non-hydrogen) atoms. The number of aliphatic hydroxyl groups excluding tert-OH is 2. The maximum Gasteiger partial charge on any atom is 0.104 e. The lowest BCUT2D eigenvalue weighted by Crippen LogP contribution is -1.87. The highest BCUT2D eigenvalue weighted by Gasteiger charge is 2.01. The van der Waals surface area contributed by atoms with Gasteiger partial charge in [-0.1, -0.05) is 11.8 Å². The summed E-state index contributed by atoms with van der Waals surface area (Å²) in [4.78, 5) is 1.21. The van der Waals surface area contributed by atoms with E-state index in [-0.39, 0.29) is 13.2 Å². The van der Waals surface area contributed by atoms with Gasteiger partial charge in [-0.2, -0.15) is 11.8 Å². The number of thioether (sulfide) groups is 1. The van der Waals surface area contributed by atoms with Crippen molar-refractivity contribution < 1.29 is 10.2 Å². The van der Waals surface area contributed by atoms with Crippen LogP contribution in [-0.4, -0.2) is 29.2 Å². The monoisotopic (exact) mass is 228 g/mol. The van der Waals surface area contributed by atoms with Gasteiger partial charge in [-0.3, -0.25) is 0 Å². The number of thiophene rings is 1. The molecule has 0 unspecified atom stereocenters. The van der Waals surface area contributed by atoms with Crippen LogP contribution >= 0.6 is 23.1 Å². The molecule has 4 heteroatoms. The number of hydrogen-bond acceptors (Lipinski definition) is 4. The van der Waals surface area contributed by atoms with Gasteiger partial charge >= 0.3 is 0 Å². The van der Waals surface area contributed by atoms with Gasteiger partial charge in [0.2, 0.25) is 0 Å². The van der Waals surface area contributed by atoms with Crippen LogP contribution in [0.25, 0.3) is 0 Å². The zero-order valence-electron chi connectivity index (χ0n) is 7.69. The second-order valence-electron chi connectivity index (χ2n) is 2.49. The smallest absolute Gasteiger partial charge is 0.104 e. The average molecular weight is 228 g/mol. The minimum atomic E-state index is -0.0981. The van der Waals surface area contributed by atoms with Crippen molar-refractivity contribution in [1.82, 2.24) is 0 Å². The van der Waals surface area contributed by atoms with Crippen molar-refractivity contribution in [1.29, 1.82) is 0 Å². The molecule has 0 atom stereocenters. The van der Waals surface area contributed by atoms with Crippen LogP contribution in [0, 0.1) is 11.8 Å². The zero-order valence-corrected chi connectivity index (χ0v) is 9.33. The first-order valence-electron chi connectivity index (χ1n) is 4.23. The van der Waals surface area contributed by atoms with E-state index in [1.807, 2.05) is 11.4 Å². The van der Waals surface area contributed by atoms with Gasteiger partial charge in [-0.25, -0.2) is 0 Å². The van der Waals surface area contributed by atoms with E-state index in [1.54, 1.807) is 23.1 Å². The molecule has 0 spiro atoms. The Labute approximate surface area is 92.0 Å². The summed E-state index contributed by atoms with van der Waals surface area (Å²) in [6.45, 7) is 0.118. The number of aliphatic hydroxyl groups is 2. The molecule has 0 aliphatic rings. The first-order chi connectivity index (χ1) is 6.88. The summed E-state index contributed by atoms with van der Waals surface area (Å²) in [5.74, 6) is 7.18. The Bertz CT molecular complexity index is 322. The van der Waals surface area contributed by atoms with Crippen LogP contribution in [0.5, 0.6) is 0 Å². The molecule has 0 saturated carbocycles. The maximum atomic E-state index is 8.63. The predicted octanol–water partition coefficient (Wildman–Crippen LogP) is 1.32. The Kier molecular flexibility index (Phi) is 5.72. The van der Waals surface area contributed by atoms with Crippen LogP contribution in [-0.2, 0) is 5.75 Å². The Balaban J connectivity index is 2.54. The van der Waals surface area contributed by atoms with Crippen molar-refractivity contribution in [3.8, 4) is 11.8 Å². The van der Waals surface area contributed by atoms with Crippen molar-refractivity contribution in [3.05, 3.63) is 21.9 Å². The van der Waals surface area contributed by atoms with Gasteiger partial charge in [0.1, 0.15) is 6.61 Å². The lowest BCUT2D eigenvalue weighted by molar-refractivity contribution is 0.322. The van der Waals surface area contributed by atoms with E-state index in [4.69, 9.17) is 10.2 Å². The molecule has 1 heterocycles. The Morgan fingerprint density at radius 2 is 2.29 bits per heavy atom. The molecule has 76 valence electrons. The summed E-state index contributed by atoms with van der Waals surface area (Å²) >= 11 is 3.35. The molecule has 0 bridgehead atoms. The summed E-state index contributed by atoms with van der Waals surface area (Å²) in [5.41, 5.74) is 0.995. The number of rotatable bonds is 4. The van der Waals surface area contributed by atoms with Crippen LogP contribution in [0.1, 0.15) is 10.4 Å². The van der Waals surface area contributed by atoms with Gasteiger partial charge < -0.3 is 10.2 Å². The molecule has 2 nitrogen and oxygen atoms in total. The third-order valence-electron chi connectivity index (χ3n) is 1.52. The fourth-order valence-corrected chi connectivity index (χ4v) is 2.68. The van der Waals surface area contributed by atoms with E-state index < -0.39 is 0 Å². The van der Waals surface area contributed by atoms with Crippen LogP contribution in [0.3, 0.4) is 0 Å². The van der Waals surface area contributed by atoms with Crippen molar-refractivity contribution in [3.63, 3.8) is 0 Å². The fourth-order valence-electron chi connectivity index (χ4n) is 0.928. The molecule has 0 aliphatic heterocycles. The Morgan fingerprint density at radius 3 is 3.00 bits per heavy atom. The highest BCUT2D eigenvalue weighted by molar-refractivity contribution is 7.98. The van der Waals surface area contributed by atoms with Crippen molar-refractivity contribution in [2.45, 2.75) is 5.75 Å². The summed E-state index contributed by atoms with van der Waals surface area (Å²) in [6.07, 6.45) is 0. The Morgan fingerprint density at radius 1 is 1.43 bits per heavy atom. The molecule has 1 aromatic heterocycles. The van der Waals surface area contributed by atoms with Gasteiger partial charge in [-0.05, 0) is 11.4 Å². The van der Waals surface area contributed by atoms with Crippen LogP contribution in [0.2, 0.25) is 0 Å². The van der Waals surface area contributed by atoms with Gasteiger partial charge in [0.15, 0.2) is 0 Å². The molecule has 0 radical (unpaired) electrons. The van der Waals surface area contributed by atoms with Gasteiger partial charge in [0, 0.05) is 21.9 Å². The predicted molar refractivity (Wildman–Crippen MR) is 61.5 cm³/mol. The van der Waals surface area contributed by atoms with Crippen LogP contribution in [0.4, 0.5) is 0 Å². The summed E-state index contributed by atoms with van der Waals surface area (Å²) in [5, 5.41) is 19.2. The molecular weight excluding hydrogens is 216 g/mol. The molecule has 0 aromatic carbocycles. The van der Waals surface area contributed by atoms with Gasteiger partial charge in [0.05, 0.1) is 6.61 Å². The maximum absolute atomic E-state index is 8.63. The van der Waals surface area contributed by atoms with E-state index in [9.17, 15) is 0 Å². The summed E-state index contributed by atoms with van der Waals surface area (Å²) in [7, 11) is 0. The third kappa shape index (κ3) is 3.72. The molecular formula is C10H12O2S2. The average Bonchev–Trinajstić information content (AvgIpc) is 2.63. The highest BCUT2D eigenvalue weighted by atomic mass is 32.2. The topological polar surface area (TPSA) is 40.5 Å². The molecule has 1 rings (SSSR count). The van der Waals surface area contributed by atoms with Crippen LogP contribution < -0.4 is 0 Å². The molecule has 1 aromatic rings. The first-order valence-corrected chi connectivity index (χ1v) is 6.26. The lowest BCUT2D eigenvalue weighted by atomic mass is 10.3. The fraction of sp³-hybridized carbons (Fsp3) is 0.400. The minimum Gasteiger partial charge on any atom is -0.396 e. The van der Waals surface area contributed by atoms with Gasteiger partial charge in [-0.15, -0.1) is 11.3 Å². The van der Waals surface area contributed by atoms with Crippen molar-refractivity contribution in [2.75, 3.05) is 19.0 Å². The van der Waals surface area contributed by atoms with E-state index in [1.165, 1.54) is 4.88 Å². The second kappa shape index (κ2) is 6.91. The summed E-state index contributed by atoms with van der Waals surface area (Å²) < 4.78 is 0. The standard InChI is InChI=1S/C10H12O2S2/c11-4-1-2-9-3-6-14-10(9)8-13-7-5-12/h3,6,11-12H,4-5,7-8H2. The highest BCUT2D eigenvalue weighted by Crippen LogP contribution is 2.21. The zero-order chi connectivity index (χ0) is 10.2. The van der Waals surface area contributed by atoms with Crippen molar-refractivity contribution in [2.24, 2.45) is 0 Å². The number of hydrogen-bond donors (Lipinski definition) is 2. The molecule has 0 fully saturated rings. The Hall–Kier alpha value is -0.470. The third-order valence-corrected chi connectivity index (χ3v) is 3.58. The van der Waals surface area contributed by atoms with E-state index in [2.05, 4.69) is 11.8 Å². The van der Waals surface area contributed by atoms with Crippen molar-refractivity contribution >= 4 is 23.1 Å². The first kappa shape index (κ1) is 11.6. The lowest BCUT2D eigenvalue weighted by Gasteiger charge is -1.97. The normalized spacial score (nSPS) is 9.57. The van der Waals surface area contributed by atoms with Gasteiger partial charge in [0.25, 0.3) is 0 Å². The SMILES string of the molecule is OCC#Cc1ccsc1CSCCO. The van der Waals surface area contributed by atoms with Crippen LogP contribution in [0.15, 0.2) is 11.4 Å². The largest absolute Gasteiger partial charge is 0.396 e. The molecule has 0 aliphatic carbocycles. The van der Waals surface area contributed by atoms with E-state index in [0.717, 1.165) is 17.1 Å². The van der Waals surface area contributed by atoms with E-state index in [0.29, 0.717) is 0 Å². The molecule has 0 amide bonds. The molecule has 0 saturated heterocycles. The molecule has 2 N–H and O–H groups in total. The van der Waals surface area contributed by atoms with E-state index >= 15 is 0 Å². The summed E-state index contributed by atoms with van der Waals surface area (Å²) in [6, 6.07) is 1.96. The minimum absolute atomic E-state index is 0.0981.